The number of nitrogens with zero attached hydrogens (tertiary/aromatic N) is 2. The summed E-state index contributed by atoms with van der Waals surface area (Å²) in [5, 5.41) is 10.3. The molecule has 3 saturated heterocycles. The highest BCUT2D eigenvalue weighted by molar-refractivity contribution is 5.92. The van der Waals surface area contributed by atoms with E-state index in [0.29, 0.717) is 5.69 Å². The molecule has 0 aromatic carbocycles. The lowest BCUT2D eigenvalue weighted by Crippen LogP contribution is -2.45. The topological polar surface area (TPSA) is 71.9 Å². The minimum atomic E-state index is -0.828. The third-order valence-electron chi connectivity index (χ3n) is 6.99. The van der Waals surface area contributed by atoms with Crippen LogP contribution in [0.25, 0.3) is 0 Å². The van der Waals surface area contributed by atoms with Gasteiger partial charge >= 0.3 is 0 Å². The first-order chi connectivity index (χ1) is 13.2. The summed E-state index contributed by atoms with van der Waals surface area (Å²) in [4.78, 5) is 18.8. The third-order valence-corrected chi connectivity index (χ3v) is 6.99. The largest absolute Gasteiger partial charge is 0.388 e. The van der Waals surface area contributed by atoms with Gasteiger partial charge in [-0.25, -0.2) is 0 Å². The number of ether oxygens (including phenoxy) is 2. The van der Waals surface area contributed by atoms with Gasteiger partial charge in [0.25, 0.3) is 5.91 Å². The number of hydrogen-bond donors (Lipinski definition) is 1. The summed E-state index contributed by atoms with van der Waals surface area (Å²) in [5.74, 6) is 0.0185. The highest BCUT2D eigenvalue weighted by atomic mass is 16.6. The predicted octanol–water partition coefficient (Wildman–Crippen LogP) is 2.80. The number of carbonyl (C=O) groups excluding carboxylic acids is 1. The van der Waals surface area contributed by atoms with Gasteiger partial charge in [-0.15, -0.1) is 0 Å². The SMILES string of the molecule is CC(C)(O)[C@@H]1CC[C@](C)([C@@H]2CC3(CCN(C(=O)c4ccccn4)CC3)CO2)O1. The fraction of sp³-hybridized carbons (Fsp3) is 0.727. The van der Waals surface area contributed by atoms with Crippen LogP contribution in [0.3, 0.4) is 0 Å². The molecule has 3 aliphatic rings. The van der Waals surface area contributed by atoms with Crippen molar-refractivity contribution < 1.29 is 19.4 Å². The zero-order valence-corrected chi connectivity index (χ0v) is 17.2. The Kier molecular flexibility index (Phi) is 5.01. The lowest BCUT2D eigenvalue weighted by molar-refractivity contribution is -0.155. The molecule has 0 saturated carbocycles. The van der Waals surface area contributed by atoms with Crippen LogP contribution in [0, 0.1) is 5.41 Å². The fourth-order valence-corrected chi connectivity index (χ4v) is 4.96. The number of carbonyl (C=O) groups is 1. The first-order valence-corrected chi connectivity index (χ1v) is 10.4. The van der Waals surface area contributed by atoms with Crippen molar-refractivity contribution in [3.8, 4) is 0 Å². The van der Waals surface area contributed by atoms with Crippen LogP contribution < -0.4 is 0 Å². The molecule has 0 bridgehead atoms. The second kappa shape index (κ2) is 7.08. The zero-order valence-electron chi connectivity index (χ0n) is 17.2. The molecule has 6 nitrogen and oxygen atoms in total. The Morgan fingerprint density at radius 3 is 2.64 bits per heavy atom. The highest BCUT2D eigenvalue weighted by Gasteiger charge is 2.53. The van der Waals surface area contributed by atoms with Crippen LogP contribution in [0.1, 0.15) is 63.4 Å². The maximum absolute atomic E-state index is 12.6. The summed E-state index contributed by atoms with van der Waals surface area (Å²) in [6.45, 7) is 7.98. The summed E-state index contributed by atoms with van der Waals surface area (Å²) in [6.07, 6.45) is 6.21. The van der Waals surface area contributed by atoms with Crippen molar-refractivity contribution in [3.63, 3.8) is 0 Å². The van der Waals surface area contributed by atoms with Crippen molar-refractivity contribution in [1.29, 1.82) is 0 Å². The minimum absolute atomic E-state index is 0.0185. The third kappa shape index (κ3) is 3.70. The molecular formula is C22H32N2O4. The summed E-state index contributed by atoms with van der Waals surface area (Å²) in [7, 11) is 0. The highest BCUT2D eigenvalue weighted by Crippen LogP contribution is 2.49. The lowest BCUT2D eigenvalue weighted by Gasteiger charge is -2.39. The standard InChI is InChI=1S/C22H32N2O4/c1-20(2,26)17-7-8-21(3,28-17)18-14-22(15-27-18)9-12-24(13-10-22)19(25)16-6-4-5-11-23-16/h4-6,11,17-18,26H,7-10,12-15H2,1-3H3/t17-,18-,21+/m0/s1. The first-order valence-electron chi connectivity index (χ1n) is 10.4. The summed E-state index contributed by atoms with van der Waals surface area (Å²) < 4.78 is 12.6. The lowest BCUT2D eigenvalue weighted by atomic mass is 9.74. The zero-order chi connectivity index (χ0) is 20.0. The predicted molar refractivity (Wildman–Crippen MR) is 105 cm³/mol. The molecule has 1 aromatic rings. The number of aromatic nitrogens is 1. The van der Waals surface area contributed by atoms with E-state index in [0.717, 1.165) is 51.8 Å². The summed E-state index contributed by atoms with van der Waals surface area (Å²) in [5.41, 5.74) is -0.519. The minimum Gasteiger partial charge on any atom is -0.388 e. The van der Waals surface area contributed by atoms with Gasteiger partial charge in [-0.1, -0.05) is 6.07 Å². The van der Waals surface area contributed by atoms with Crippen molar-refractivity contribution in [2.24, 2.45) is 5.41 Å². The number of piperidine rings is 1. The molecule has 1 aromatic heterocycles. The maximum atomic E-state index is 12.6. The second-order valence-corrected chi connectivity index (χ2v) is 9.62. The van der Waals surface area contributed by atoms with Crippen molar-refractivity contribution >= 4 is 5.91 Å². The number of likely N-dealkylation sites (tertiary alicyclic amines) is 1. The van der Waals surface area contributed by atoms with Crippen LogP contribution in [-0.2, 0) is 9.47 Å². The van der Waals surface area contributed by atoms with E-state index in [1.54, 1.807) is 12.3 Å². The molecule has 0 aliphatic carbocycles. The quantitative estimate of drug-likeness (QED) is 0.862. The number of amides is 1. The van der Waals surface area contributed by atoms with E-state index < -0.39 is 5.60 Å². The molecule has 0 unspecified atom stereocenters. The number of pyridine rings is 1. The first kappa shape index (κ1) is 19.8. The molecular weight excluding hydrogens is 356 g/mol. The molecule has 4 heterocycles. The number of aliphatic hydroxyl groups is 1. The second-order valence-electron chi connectivity index (χ2n) is 9.62. The van der Waals surface area contributed by atoms with Gasteiger partial charge in [0.2, 0.25) is 0 Å². The van der Waals surface area contributed by atoms with E-state index >= 15 is 0 Å². The number of hydrogen-bond acceptors (Lipinski definition) is 5. The van der Waals surface area contributed by atoms with E-state index in [1.165, 1.54) is 0 Å². The van der Waals surface area contributed by atoms with E-state index in [4.69, 9.17) is 9.47 Å². The van der Waals surface area contributed by atoms with Crippen molar-refractivity contribution in [3.05, 3.63) is 30.1 Å². The van der Waals surface area contributed by atoms with Crippen LogP contribution in [0.15, 0.2) is 24.4 Å². The van der Waals surface area contributed by atoms with Crippen LogP contribution >= 0.6 is 0 Å². The smallest absolute Gasteiger partial charge is 0.272 e. The monoisotopic (exact) mass is 388 g/mol. The van der Waals surface area contributed by atoms with Gasteiger partial charge in [0, 0.05) is 19.3 Å². The molecule has 1 spiro atoms. The molecule has 154 valence electrons. The molecule has 28 heavy (non-hydrogen) atoms. The van der Waals surface area contributed by atoms with Gasteiger partial charge in [0.05, 0.1) is 30.0 Å². The Labute approximate surface area is 167 Å². The normalized spacial score (nSPS) is 32.8. The molecule has 3 atom stereocenters. The van der Waals surface area contributed by atoms with Gasteiger partial charge in [-0.2, -0.15) is 0 Å². The van der Waals surface area contributed by atoms with E-state index in [9.17, 15) is 9.90 Å². The Morgan fingerprint density at radius 1 is 1.29 bits per heavy atom. The van der Waals surface area contributed by atoms with Gasteiger partial charge in [0.15, 0.2) is 0 Å². The average molecular weight is 389 g/mol. The Hall–Kier alpha value is -1.50. The molecule has 1 amide bonds. The van der Waals surface area contributed by atoms with Gasteiger partial charge in [0.1, 0.15) is 5.69 Å². The number of rotatable bonds is 3. The molecule has 6 heteroatoms. The van der Waals surface area contributed by atoms with Crippen LogP contribution in [0.5, 0.6) is 0 Å². The van der Waals surface area contributed by atoms with Gasteiger partial charge < -0.3 is 19.5 Å². The van der Waals surface area contributed by atoms with Gasteiger partial charge in [-0.05, 0) is 70.4 Å². The fourth-order valence-electron chi connectivity index (χ4n) is 4.96. The molecule has 3 aliphatic heterocycles. The molecule has 4 rings (SSSR count). The maximum Gasteiger partial charge on any atom is 0.272 e. The Balaban J connectivity index is 1.36. The van der Waals surface area contributed by atoms with Crippen molar-refractivity contribution in [1.82, 2.24) is 9.88 Å². The molecule has 0 radical (unpaired) electrons. The average Bonchev–Trinajstić information content (AvgIpc) is 3.28. The van der Waals surface area contributed by atoms with Crippen LogP contribution in [0.2, 0.25) is 0 Å². The van der Waals surface area contributed by atoms with E-state index in [2.05, 4.69) is 11.9 Å². The summed E-state index contributed by atoms with van der Waals surface area (Å²) in [6, 6.07) is 5.45. The van der Waals surface area contributed by atoms with Crippen molar-refractivity contribution in [2.75, 3.05) is 19.7 Å². The summed E-state index contributed by atoms with van der Waals surface area (Å²) >= 11 is 0. The van der Waals surface area contributed by atoms with E-state index in [-0.39, 0.29) is 29.1 Å². The van der Waals surface area contributed by atoms with E-state index in [1.807, 2.05) is 30.9 Å². The Morgan fingerprint density at radius 2 is 2.04 bits per heavy atom. The van der Waals surface area contributed by atoms with Crippen LogP contribution in [-0.4, -0.2) is 64.0 Å². The van der Waals surface area contributed by atoms with Crippen LogP contribution in [0.4, 0.5) is 0 Å². The Bertz CT molecular complexity index is 709. The van der Waals surface area contributed by atoms with Crippen molar-refractivity contribution in [2.45, 2.75) is 76.3 Å². The van der Waals surface area contributed by atoms with Gasteiger partial charge in [-0.3, -0.25) is 9.78 Å². The molecule has 1 N–H and O–H groups in total. The molecule has 3 fully saturated rings.